The van der Waals surface area contributed by atoms with Crippen LogP contribution in [0.15, 0.2) is 85.5 Å². The lowest BCUT2D eigenvalue weighted by Gasteiger charge is -2.39. The molecular formula is C41H53N3O6. The molecule has 9 heteroatoms. The van der Waals surface area contributed by atoms with Gasteiger partial charge in [-0.05, 0) is 65.6 Å². The van der Waals surface area contributed by atoms with Crippen molar-refractivity contribution in [3.8, 4) is 11.1 Å². The van der Waals surface area contributed by atoms with Crippen molar-refractivity contribution in [1.29, 1.82) is 0 Å². The second-order valence-electron chi connectivity index (χ2n) is 13.6. The van der Waals surface area contributed by atoms with Gasteiger partial charge in [-0.25, -0.2) is 5.48 Å². The van der Waals surface area contributed by atoms with Crippen molar-refractivity contribution in [1.82, 2.24) is 15.7 Å². The summed E-state index contributed by atoms with van der Waals surface area (Å²) < 4.78 is 13.4. The van der Waals surface area contributed by atoms with Crippen LogP contribution in [0.25, 0.3) is 11.1 Å². The number of rotatable bonds is 18. The van der Waals surface area contributed by atoms with Gasteiger partial charge in [0.25, 0.3) is 0 Å². The minimum absolute atomic E-state index is 0.00629. The molecule has 9 nitrogen and oxygen atoms in total. The van der Waals surface area contributed by atoms with Crippen LogP contribution in [0.3, 0.4) is 0 Å². The average Bonchev–Trinajstić information content (AvgIpc) is 3.70. The zero-order valence-electron chi connectivity index (χ0n) is 29.1. The molecule has 0 aromatic heterocycles. The van der Waals surface area contributed by atoms with Crippen LogP contribution in [0.2, 0.25) is 0 Å². The summed E-state index contributed by atoms with van der Waals surface area (Å²) in [6.07, 6.45) is 10.9. The van der Waals surface area contributed by atoms with E-state index in [1.54, 1.807) is 5.48 Å². The number of unbranched alkanes of at least 4 members (excludes halogenated alkanes) is 3. The Morgan fingerprint density at radius 2 is 1.54 bits per heavy atom. The number of nitrogens with zero attached hydrogens (tertiary/aromatic N) is 1. The number of amides is 2. The molecule has 0 unspecified atom stereocenters. The van der Waals surface area contributed by atoms with Crippen LogP contribution in [0, 0.1) is 0 Å². The van der Waals surface area contributed by atoms with Gasteiger partial charge in [-0.3, -0.25) is 19.7 Å². The van der Waals surface area contributed by atoms with Crippen molar-refractivity contribution in [2.24, 2.45) is 0 Å². The molecule has 0 radical (unpaired) electrons. The highest BCUT2D eigenvalue weighted by Crippen LogP contribution is 2.39. The van der Waals surface area contributed by atoms with E-state index in [0.29, 0.717) is 31.8 Å². The van der Waals surface area contributed by atoms with Crippen LogP contribution in [0.1, 0.15) is 105 Å². The Balaban J connectivity index is 1.24. The second kappa shape index (κ2) is 19.5. The van der Waals surface area contributed by atoms with Gasteiger partial charge in [-0.2, -0.15) is 0 Å². The van der Waals surface area contributed by atoms with Gasteiger partial charge in [0.05, 0.1) is 18.8 Å². The summed E-state index contributed by atoms with van der Waals surface area (Å²) in [5, 5.41) is 21.2. The molecule has 2 amide bonds. The molecule has 2 aliphatic rings. The Bertz CT molecular complexity index is 1520. The maximum absolute atomic E-state index is 12.5. The predicted octanol–water partition coefficient (Wildman–Crippen LogP) is 7.28. The van der Waals surface area contributed by atoms with Gasteiger partial charge in [-0.1, -0.05) is 92.4 Å². The molecule has 4 N–H and O–H groups in total. The molecular weight excluding hydrogens is 630 g/mol. The lowest BCUT2D eigenvalue weighted by Crippen LogP contribution is -2.43. The normalized spacial score (nSPS) is 19.4. The van der Waals surface area contributed by atoms with Gasteiger partial charge in [-0.15, -0.1) is 6.58 Å². The molecule has 3 aromatic carbocycles. The smallest absolute Gasteiger partial charge is 0.243 e. The summed E-state index contributed by atoms with van der Waals surface area (Å²) in [5.41, 5.74) is 7.66. The number of carbonyl (C=O) groups excluding carboxylic acids is 2. The van der Waals surface area contributed by atoms with E-state index in [4.69, 9.17) is 14.7 Å². The molecule has 268 valence electrons. The monoisotopic (exact) mass is 683 g/mol. The van der Waals surface area contributed by atoms with Crippen LogP contribution < -0.4 is 10.8 Å². The van der Waals surface area contributed by atoms with E-state index < -0.39 is 6.29 Å². The number of carbonyl (C=O) groups is 2. The Morgan fingerprint density at radius 1 is 0.840 bits per heavy atom. The summed E-state index contributed by atoms with van der Waals surface area (Å²) >= 11 is 0. The molecule has 3 atom stereocenters. The molecule has 1 saturated heterocycles. The third-order valence-corrected chi connectivity index (χ3v) is 9.85. The maximum Gasteiger partial charge on any atom is 0.243 e. The summed E-state index contributed by atoms with van der Waals surface area (Å²) in [4.78, 5) is 26.1. The van der Waals surface area contributed by atoms with E-state index in [1.807, 2.05) is 36.4 Å². The summed E-state index contributed by atoms with van der Waals surface area (Å²) in [6, 6.07) is 25.1. The molecule has 1 heterocycles. The van der Waals surface area contributed by atoms with E-state index in [1.165, 1.54) is 25.7 Å². The molecule has 2 fully saturated rings. The van der Waals surface area contributed by atoms with Gasteiger partial charge in [0.1, 0.15) is 0 Å². The quantitative estimate of drug-likeness (QED) is 0.0481. The lowest BCUT2D eigenvalue weighted by molar-refractivity contribution is -0.253. The molecule has 1 saturated carbocycles. The van der Waals surface area contributed by atoms with Gasteiger partial charge in [0.15, 0.2) is 6.29 Å². The van der Waals surface area contributed by atoms with Crippen molar-refractivity contribution >= 4 is 11.8 Å². The minimum Gasteiger partial charge on any atom is -0.392 e. The van der Waals surface area contributed by atoms with Crippen molar-refractivity contribution < 1.29 is 29.4 Å². The van der Waals surface area contributed by atoms with Gasteiger partial charge in [0, 0.05) is 50.5 Å². The van der Waals surface area contributed by atoms with Crippen LogP contribution >= 0.6 is 0 Å². The first-order chi connectivity index (χ1) is 24.4. The number of nitrogens with one attached hydrogen (secondary N) is 2. The van der Waals surface area contributed by atoms with Crippen LogP contribution in [0.4, 0.5) is 0 Å². The van der Waals surface area contributed by atoms with E-state index in [2.05, 4.69) is 59.3 Å². The zero-order valence-corrected chi connectivity index (χ0v) is 29.1. The van der Waals surface area contributed by atoms with E-state index in [9.17, 15) is 14.7 Å². The fourth-order valence-corrected chi connectivity index (χ4v) is 7.10. The predicted molar refractivity (Wildman–Crippen MR) is 194 cm³/mol. The molecule has 0 spiro atoms. The fourth-order valence-electron chi connectivity index (χ4n) is 7.10. The minimum atomic E-state index is -0.542. The molecule has 3 aromatic rings. The first kappa shape index (κ1) is 37.4. The fraction of sp³-hybridized carbons (Fsp3) is 0.463. The first-order valence-corrected chi connectivity index (χ1v) is 18.2. The molecule has 1 aliphatic heterocycles. The summed E-state index contributed by atoms with van der Waals surface area (Å²) in [6.45, 7) is 6.14. The largest absolute Gasteiger partial charge is 0.392 e. The summed E-state index contributed by atoms with van der Waals surface area (Å²) in [5.74, 6) is -0.372. The van der Waals surface area contributed by atoms with Crippen LogP contribution in [-0.4, -0.2) is 52.3 Å². The van der Waals surface area contributed by atoms with E-state index in [0.717, 1.165) is 72.2 Å². The average molecular weight is 684 g/mol. The number of aliphatic hydroxyl groups excluding tert-OH is 1. The highest BCUT2D eigenvalue weighted by Gasteiger charge is 2.34. The van der Waals surface area contributed by atoms with Crippen molar-refractivity contribution in [3.63, 3.8) is 0 Å². The Labute approximate surface area is 296 Å². The topological polar surface area (TPSA) is 120 Å². The van der Waals surface area contributed by atoms with Crippen LogP contribution in [0.5, 0.6) is 0 Å². The maximum atomic E-state index is 12.5. The van der Waals surface area contributed by atoms with Gasteiger partial charge >= 0.3 is 0 Å². The van der Waals surface area contributed by atoms with Crippen LogP contribution in [-0.2, 0) is 32.2 Å². The standard InChI is InChI=1S/C41H53N3O6/c1-2-23-44(36-15-7-8-16-36)28-37-26-38(32-21-19-30(29-45)20-22-32)50-41(49-37)35-14-10-13-34(25-35)33-12-9-11-31(24-33)27-42-39(46)17-5-3-4-6-18-40(47)43-48/h2,9-14,19-22,24-25,36-38,41,45,48H,1,3-8,15-18,23,26-29H2,(H,42,46)(H,43,47)/t37-,38+,41+/m1/s1. The van der Waals surface area contributed by atoms with Crippen molar-refractivity contribution in [2.45, 2.75) is 108 Å². The number of aliphatic hydroxyl groups is 1. The molecule has 50 heavy (non-hydrogen) atoms. The Morgan fingerprint density at radius 3 is 2.24 bits per heavy atom. The van der Waals surface area contributed by atoms with E-state index in [-0.39, 0.29) is 30.6 Å². The van der Waals surface area contributed by atoms with Crippen molar-refractivity contribution in [2.75, 3.05) is 13.1 Å². The van der Waals surface area contributed by atoms with Crippen molar-refractivity contribution in [3.05, 3.63) is 108 Å². The molecule has 0 bridgehead atoms. The first-order valence-electron chi connectivity index (χ1n) is 18.2. The highest BCUT2D eigenvalue weighted by molar-refractivity contribution is 5.76. The number of benzene rings is 3. The number of hydrogen-bond donors (Lipinski definition) is 4. The molecule has 1 aliphatic carbocycles. The summed E-state index contributed by atoms with van der Waals surface area (Å²) in [7, 11) is 0. The van der Waals surface area contributed by atoms with Gasteiger partial charge < -0.3 is 19.9 Å². The number of ether oxygens (including phenoxy) is 2. The SMILES string of the molecule is C=CCN(C[C@H]1C[C@@H](c2ccc(CO)cc2)O[C@@H](c2cccc(-c3cccc(CNC(=O)CCCCCCC(=O)NO)c3)c2)O1)C1CCCC1. The third kappa shape index (κ3) is 11.1. The Kier molecular flexibility index (Phi) is 14.6. The van der Waals surface area contributed by atoms with Gasteiger partial charge in [0.2, 0.25) is 11.8 Å². The Hall–Kier alpha value is -3.86. The number of hydrogen-bond acceptors (Lipinski definition) is 7. The zero-order chi connectivity index (χ0) is 35.1. The highest BCUT2D eigenvalue weighted by atomic mass is 16.7. The molecule has 5 rings (SSSR count). The number of hydroxylamine groups is 1. The second-order valence-corrected chi connectivity index (χ2v) is 13.6. The van der Waals surface area contributed by atoms with E-state index >= 15 is 0 Å². The third-order valence-electron chi connectivity index (χ3n) is 9.85. The lowest BCUT2D eigenvalue weighted by atomic mass is 9.98.